The highest BCUT2D eigenvalue weighted by Gasteiger charge is 2.42. The molecule has 1 aromatic rings. The average Bonchev–Trinajstić information content (AvgIpc) is 2.85. The normalized spacial score (nSPS) is 16.6. The third kappa shape index (κ3) is 4.22. The summed E-state index contributed by atoms with van der Waals surface area (Å²) in [6, 6.07) is 1.79. The minimum Gasteiger partial charge on any atom is -0.386 e. The molecule has 1 saturated heterocycles. The third-order valence-electron chi connectivity index (χ3n) is 3.45. The van der Waals surface area contributed by atoms with Crippen molar-refractivity contribution in [2.24, 2.45) is 5.92 Å². The standard InChI is InChI=1S/C13H15F3N2O4/c1-8-6-10(17-22-8)18-4-2-9(3-5-18)7-11(19)21-12(20)13(14,15)16/h6,9H,2-5,7H2,1H3. The van der Waals surface area contributed by atoms with Crippen LogP contribution < -0.4 is 4.90 Å². The van der Waals surface area contributed by atoms with Crippen molar-refractivity contribution in [2.45, 2.75) is 32.4 Å². The van der Waals surface area contributed by atoms with Crippen molar-refractivity contribution in [3.05, 3.63) is 11.8 Å². The Morgan fingerprint density at radius 2 is 2.05 bits per heavy atom. The van der Waals surface area contributed by atoms with Gasteiger partial charge in [-0.15, -0.1) is 0 Å². The maximum Gasteiger partial charge on any atom is 0.491 e. The fraction of sp³-hybridized carbons (Fsp3) is 0.615. The molecule has 0 amide bonds. The summed E-state index contributed by atoms with van der Waals surface area (Å²) in [5.74, 6) is -2.33. The lowest BCUT2D eigenvalue weighted by molar-refractivity contribution is -0.202. The molecular formula is C13H15F3N2O4. The Labute approximate surface area is 124 Å². The quantitative estimate of drug-likeness (QED) is 0.628. The summed E-state index contributed by atoms with van der Waals surface area (Å²) >= 11 is 0. The fourth-order valence-electron chi connectivity index (χ4n) is 2.31. The van der Waals surface area contributed by atoms with Gasteiger partial charge >= 0.3 is 18.1 Å². The minimum absolute atomic E-state index is 0.113. The molecule has 1 aliphatic rings. The monoisotopic (exact) mass is 320 g/mol. The Bertz CT molecular complexity index is 548. The number of ether oxygens (including phenoxy) is 1. The predicted molar refractivity (Wildman–Crippen MR) is 67.9 cm³/mol. The Kier molecular flexibility index (Phi) is 4.72. The van der Waals surface area contributed by atoms with Gasteiger partial charge in [0.05, 0.1) is 0 Å². The molecule has 0 bridgehead atoms. The maximum atomic E-state index is 12.0. The lowest BCUT2D eigenvalue weighted by Gasteiger charge is -2.31. The number of aryl methyl sites for hydroxylation is 1. The molecule has 122 valence electrons. The van der Waals surface area contributed by atoms with Gasteiger partial charge in [0.25, 0.3) is 0 Å². The molecule has 0 unspecified atom stereocenters. The summed E-state index contributed by atoms with van der Waals surface area (Å²) in [6.07, 6.45) is -4.15. The second kappa shape index (κ2) is 6.37. The van der Waals surface area contributed by atoms with E-state index in [1.165, 1.54) is 0 Å². The molecule has 6 nitrogen and oxygen atoms in total. The summed E-state index contributed by atoms with van der Waals surface area (Å²) in [5, 5.41) is 3.88. The molecule has 1 fully saturated rings. The molecule has 1 aliphatic heterocycles. The highest BCUT2D eigenvalue weighted by molar-refractivity contribution is 5.88. The molecule has 2 rings (SSSR count). The number of rotatable bonds is 3. The number of hydrogen-bond acceptors (Lipinski definition) is 6. The molecule has 22 heavy (non-hydrogen) atoms. The van der Waals surface area contributed by atoms with Crippen molar-refractivity contribution < 1.29 is 32.0 Å². The molecule has 0 atom stereocenters. The van der Waals surface area contributed by atoms with Crippen molar-refractivity contribution in [2.75, 3.05) is 18.0 Å². The second-order valence-electron chi connectivity index (χ2n) is 5.19. The minimum atomic E-state index is -5.15. The Hall–Kier alpha value is -2.06. The van der Waals surface area contributed by atoms with Gasteiger partial charge < -0.3 is 14.2 Å². The molecule has 0 aromatic carbocycles. The fourth-order valence-corrected chi connectivity index (χ4v) is 2.31. The van der Waals surface area contributed by atoms with Crippen LogP contribution in [-0.2, 0) is 14.3 Å². The summed E-state index contributed by atoms with van der Waals surface area (Å²) in [6.45, 7) is 2.99. The first kappa shape index (κ1) is 16.3. The van der Waals surface area contributed by atoms with Crippen molar-refractivity contribution >= 4 is 17.8 Å². The van der Waals surface area contributed by atoms with E-state index in [1.54, 1.807) is 13.0 Å². The van der Waals surface area contributed by atoms with E-state index in [4.69, 9.17) is 4.52 Å². The lowest BCUT2D eigenvalue weighted by Crippen LogP contribution is -2.35. The van der Waals surface area contributed by atoms with Gasteiger partial charge in [0.15, 0.2) is 5.82 Å². The van der Waals surface area contributed by atoms with Gasteiger partial charge in [-0.1, -0.05) is 5.16 Å². The van der Waals surface area contributed by atoms with Crippen molar-refractivity contribution in [3.8, 4) is 0 Å². The van der Waals surface area contributed by atoms with Gasteiger partial charge in [0.2, 0.25) is 0 Å². The summed E-state index contributed by atoms with van der Waals surface area (Å²) in [4.78, 5) is 23.9. The zero-order valence-electron chi connectivity index (χ0n) is 11.9. The number of esters is 2. The zero-order valence-corrected chi connectivity index (χ0v) is 11.9. The number of nitrogens with zero attached hydrogens (tertiary/aromatic N) is 2. The van der Waals surface area contributed by atoms with Crippen molar-refractivity contribution in [3.63, 3.8) is 0 Å². The molecule has 2 heterocycles. The first-order valence-corrected chi connectivity index (χ1v) is 6.76. The van der Waals surface area contributed by atoms with E-state index < -0.39 is 18.1 Å². The number of hydrogen-bond donors (Lipinski definition) is 0. The summed E-state index contributed by atoms with van der Waals surface area (Å²) in [5.41, 5.74) is 0. The number of aromatic nitrogens is 1. The number of piperidine rings is 1. The van der Waals surface area contributed by atoms with Crippen molar-refractivity contribution in [1.29, 1.82) is 0 Å². The molecule has 0 spiro atoms. The van der Waals surface area contributed by atoms with Crippen LogP contribution >= 0.6 is 0 Å². The van der Waals surface area contributed by atoms with Gasteiger partial charge in [-0.25, -0.2) is 4.79 Å². The van der Waals surface area contributed by atoms with Crippen LogP contribution in [0.5, 0.6) is 0 Å². The van der Waals surface area contributed by atoms with Crippen LogP contribution in [0.25, 0.3) is 0 Å². The Balaban J connectivity index is 1.78. The lowest BCUT2D eigenvalue weighted by atomic mass is 9.93. The van der Waals surface area contributed by atoms with Crippen molar-refractivity contribution in [1.82, 2.24) is 5.16 Å². The van der Waals surface area contributed by atoms with Crippen LogP contribution in [0.15, 0.2) is 10.6 Å². The van der Waals surface area contributed by atoms with Gasteiger partial charge in [0, 0.05) is 25.6 Å². The third-order valence-corrected chi connectivity index (χ3v) is 3.45. The van der Waals surface area contributed by atoms with Gasteiger partial charge in [-0.05, 0) is 25.7 Å². The van der Waals surface area contributed by atoms with E-state index in [1.807, 2.05) is 4.90 Å². The second-order valence-corrected chi connectivity index (χ2v) is 5.19. The van der Waals surface area contributed by atoms with E-state index in [2.05, 4.69) is 9.89 Å². The SMILES string of the molecule is Cc1cc(N2CCC(CC(=O)OC(=O)C(F)(F)F)CC2)no1. The molecule has 0 aliphatic carbocycles. The van der Waals surface area contributed by atoms with Gasteiger partial charge in [0.1, 0.15) is 5.76 Å². The first-order chi connectivity index (χ1) is 10.3. The van der Waals surface area contributed by atoms with E-state index in [9.17, 15) is 22.8 Å². The molecule has 1 aromatic heterocycles. The Morgan fingerprint density at radius 3 is 2.55 bits per heavy atom. The van der Waals surface area contributed by atoms with Crippen LogP contribution in [0.2, 0.25) is 0 Å². The van der Waals surface area contributed by atoms with E-state index in [0.29, 0.717) is 37.5 Å². The van der Waals surface area contributed by atoms with Gasteiger partial charge in [-0.2, -0.15) is 13.2 Å². The largest absolute Gasteiger partial charge is 0.491 e. The molecule has 9 heteroatoms. The summed E-state index contributed by atoms with van der Waals surface area (Å²) in [7, 11) is 0. The highest BCUT2D eigenvalue weighted by Crippen LogP contribution is 2.25. The number of anilines is 1. The van der Waals surface area contributed by atoms with Gasteiger partial charge in [-0.3, -0.25) is 4.79 Å². The summed E-state index contributed by atoms with van der Waals surface area (Å²) < 4.78 is 44.7. The van der Waals surface area contributed by atoms with E-state index in [0.717, 1.165) is 0 Å². The Morgan fingerprint density at radius 1 is 1.41 bits per heavy atom. The van der Waals surface area contributed by atoms with Crippen LogP contribution in [0.1, 0.15) is 25.0 Å². The van der Waals surface area contributed by atoms with Crippen LogP contribution in [0.3, 0.4) is 0 Å². The maximum absolute atomic E-state index is 12.0. The number of alkyl halides is 3. The first-order valence-electron chi connectivity index (χ1n) is 6.76. The molecule has 0 saturated carbocycles. The smallest absolute Gasteiger partial charge is 0.386 e. The predicted octanol–water partition coefficient (Wildman–Crippen LogP) is 2.22. The molecular weight excluding hydrogens is 305 g/mol. The zero-order chi connectivity index (χ0) is 16.3. The number of halogens is 3. The van der Waals surface area contributed by atoms with E-state index in [-0.39, 0.29) is 12.3 Å². The van der Waals surface area contributed by atoms with Crippen LogP contribution in [0, 0.1) is 12.8 Å². The van der Waals surface area contributed by atoms with Crippen LogP contribution in [0.4, 0.5) is 19.0 Å². The average molecular weight is 320 g/mol. The topological polar surface area (TPSA) is 72.6 Å². The molecule has 0 N–H and O–H groups in total. The van der Waals surface area contributed by atoms with Crippen LogP contribution in [-0.4, -0.2) is 36.4 Å². The molecule has 0 radical (unpaired) electrons. The number of carbonyl (C=O) groups excluding carboxylic acids is 2. The van der Waals surface area contributed by atoms with E-state index >= 15 is 0 Å². The number of carbonyl (C=O) groups is 2. The highest BCUT2D eigenvalue weighted by atomic mass is 19.4.